The van der Waals surface area contributed by atoms with E-state index in [0.29, 0.717) is 11.3 Å². The summed E-state index contributed by atoms with van der Waals surface area (Å²) < 4.78 is 43.7. The number of nitrogens with one attached hydrogen (secondary N) is 1. The second kappa shape index (κ2) is 14.9. The van der Waals surface area contributed by atoms with Gasteiger partial charge in [0.1, 0.15) is 17.5 Å². The fraction of sp³-hybridized carbons (Fsp3) is 0.444. The van der Waals surface area contributed by atoms with E-state index in [-0.39, 0.29) is 53.0 Å². The van der Waals surface area contributed by atoms with Crippen molar-refractivity contribution < 1.29 is 27.9 Å². The normalized spacial score (nSPS) is 15.9. The number of rotatable bonds is 10. The van der Waals surface area contributed by atoms with Crippen LogP contribution in [-0.2, 0) is 23.3 Å². The summed E-state index contributed by atoms with van der Waals surface area (Å²) in [5, 5.41) is 11.7. The minimum atomic E-state index is -0.917. The first-order valence-electron chi connectivity index (χ1n) is 15.8. The molecule has 46 heavy (non-hydrogen) atoms. The largest absolute Gasteiger partial charge is 0.395 e. The van der Waals surface area contributed by atoms with Crippen LogP contribution in [0.1, 0.15) is 80.4 Å². The van der Waals surface area contributed by atoms with Crippen LogP contribution in [0.5, 0.6) is 0 Å². The van der Waals surface area contributed by atoms with Crippen LogP contribution in [0, 0.1) is 29.3 Å². The molecule has 0 aromatic heterocycles. The van der Waals surface area contributed by atoms with Crippen molar-refractivity contribution in [1.82, 2.24) is 5.32 Å². The number of carbonyl (C=O) groups excluding carboxylic acids is 2. The second-order valence-electron chi connectivity index (χ2n) is 12.7. The molecule has 1 atom stereocenters. The zero-order valence-corrected chi connectivity index (χ0v) is 27.9. The first kappa shape index (κ1) is 35.3. The average Bonchev–Trinajstić information content (AvgIpc) is 3.17. The standard InChI is InChI=1S/C28H27ClF3N3O3.C8H16/c1-28(2)20-8-7-16(11-25(20)35(27(28)38)15-19-21(29)5-4-6-22(19)30)26(37)33-14-18-23(31)12-17(13-24(18)32)34(3)9-10-36;1-3-7(2)8-5-4-6-8/h4-8,11-13,36H,9-10,14-15H2,1-3H3,(H,33,37);7-8H,3-6H2,1-2H3. The fourth-order valence-corrected chi connectivity index (χ4v) is 6.08. The average molecular weight is 658 g/mol. The monoisotopic (exact) mass is 657 g/mol. The smallest absolute Gasteiger partial charge is 0.251 e. The van der Waals surface area contributed by atoms with E-state index >= 15 is 0 Å². The summed E-state index contributed by atoms with van der Waals surface area (Å²) >= 11 is 6.19. The van der Waals surface area contributed by atoms with E-state index in [1.165, 1.54) is 65.8 Å². The molecule has 0 saturated heterocycles. The van der Waals surface area contributed by atoms with Gasteiger partial charge < -0.3 is 20.2 Å². The number of likely N-dealkylation sites (N-methyl/N-ethyl adjacent to an activating group) is 1. The highest BCUT2D eigenvalue weighted by Gasteiger charge is 2.44. The van der Waals surface area contributed by atoms with Gasteiger partial charge in [-0.15, -0.1) is 0 Å². The van der Waals surface area contributed by atoms with Gasteiger partial charge >= 0.3 is 0 Å². The van der Waals surface area contributed by atoms with E-state index in [1.807, 2.05) is 0 Å². The zero-order valence-electron chi connectivity index (χ0n) is 27.1. The van der Waals surface area contributed by atoms with E-state index in [4.69, 9.17) is 16.7 Å². The molecule has 2 aliphatic rings. The summed E-state index contributed by atoms with van der Waals surface area (Å²) in [6.45, 7) is 7.65. The van der Waals surface area contributed by atoms with E-state index in [0.717, 1.165) is 24.0 Å². The molecule has 5 rings (SSSR count). The molecule has 6 nitrogen and oxygen atoms in total. The lowest BCUT2D eigenvalue weighted by Crippen LogP contribution is -2.36. The summed E-state index contributed by atoms with van der Waals surface area (Å²) in [6, 6.07) is 11.2. The number of halogens is 4. The number of aliphatic hydroxyl groups excluding tert-OH is 1. The lowest BCUT2D eigenvalue weighted by molar-refractivity contribution is -0.122. The molecular weight excluding hydrogens is 615 g/mol. The molecule has 1 aliphatic heterocycles. The number of nitrogens with zero attached hydrogens (tertiary/aromatic N) is 2. The molecule has 1 aliphatic carbocycles. The van der Waals surface area contributed by atoms with Gasteiger partial charge in [0.15, 0.2) is 0 Å². The number of carbonyl (C=O) groups is 2. The Kier molecular flexibility index (Phi) is 11.4. The van der Waals surface area contributed by atoms with Gasteiger partial charge in [-0.1, -0.05) is 63.3 Å². The van der Waals surface area contributed by atoms with Gasteiger partial charge in [-0.25, -0.2) is 13.2 Å². The third-order valence-corrected chi connectivity index (χ3v) is 9.76. The van der Waals surface area contributed by atoms with Crippen LogP contribution in [-0.4, -0.2) is 37.1 Å². The Labute approximate surface area is 274 Å². The maximum absolute atomic E-state index is 14.6. The molecule has 10 heteroatoms. The molecule has 248 valence electrons. The molecule has 0 radical (unpaired) electrons. The van der Waals surface area contributed by atoms with Gasteiger partial charge in [-0.2, -0.15) is 0 Å². The Balaban J connectivity index is 0.000000523. The molecule has 1 saturated carbocycles. The van der Waals surface area contributed by atoms with E-state index < -0.39 is 35.3 Å². The van der Waals surface area contributed by atoms with Gasteiger partial charge in [0.25, 0.3) is 5.91 Å². The predicted molar refractivity (Wildman–Crippen MR) is 177 cm³/mol. The van der Waals surface area contributed by atoms with Crippen molar-refractivity contribution in [3.63, 3.8) is 0 Å². The second-order valence-corrected chi connectivity index (χ2v) is 13.1. The van der Waals surface area contributed by atoms with Crippen molar-refractivity contribution in [1.29, 1.82) is 0 Å². The number of hydrogen-bond donors (Lipinski definition) is 2. The lowest BCUT2D eigenvalue weighted by atomic mass is 9.76. The Hall–Kier alpha value is -3.56. The maximum atomic E-state index is 14.6. The van der Waals surface area contributed by atoms with Crippen LogP contribution in [0.2, 0.25) is 5.02 Å². The topological polar surface area (TPSA) is 72.9 Å². The summed E-state index contributed by atoms with van der Waals surface area (Å²) in [4.78, 5) is 29.1. The van der Waals surface area contributed by atoms with Gasteiger partial charge in [0.05, 0.1) is 18.6 Å². The number of fused-ring (bicyclic) bond motifs is 1. The molecule has 2 amide bonds. The molecule has 1 unspecified atom stereocenters. The summed E-state index contributed by atoms with van der Waals surface area (Å²) in [5.74, 6) is -1.00. The summed E-state index contributed by atoms with van der Waals surface area (Å²) in [7, 11) is 1.59. The van der Waals surface area contributed by atoms with Crippen LogP contribution in [0.15, 0.2) is 48.5 Å². The van der Waals surface area contributed by atoms with E-state index in [1.54, 1.807) is 27.0 Å². The van der Waals surface area contributed by atoms with Gasteiger partial charge in [-0.3, -0.25) is 9.59 Å². The number of benzene rings is 3. The Morgan fingerprint density at radius 2 is 1.76 bits per heavy atom. The maximum Gasteiger partial charge on any atom is 0.251 e. The minimum Gasteiger partial charge on any atom is -0.395 e. The number of amides is 2. The molecule has 2 N–H and O–H groups in total. The van der Waals surface area contributed by atoms with Crippen molar-refractivity contribution in [3.8, 4) is 0 Å². The molecule has 3 aromatic rings. The molecule has 1 heterocycles. The van der Waals surface area contributed by atoms with Crippen molar-refractivity contribution in [2.45, 2.75) is 71.9 Å². The van der Waals surface area contributed by atoms with Crippen LogP contribution in [0.4, 0.5) is 24.5 Å². The number of hydrogen-bond acceptors (Lipinski definition) is 4. The van der Waals surface area contributed by atoms with Gasteiger partial charge in [0.2, 0.25) is 5.91 Å². The summed E-state index contributed by atoms with van der Waals surface area (Å²) in [6.07, 6.45) is 5.89. The van der Waals surface area contributed by atoms with Crippen molar-refractivity contribution in [2.24, 2.45) is 11.8 Å². The number of aliphatic hydroxyl groups is 1. The van der Waals surface area contributed by atoms with Crippen LogP contribution < -0.4 is 15.1 Å². The van der Waals surface area contributed by atoms with Crippen LogP contribution in [0.25, 0.3) is 0 Å². The van der Waals surface area contributed by atoms with Gasteiger partial charge in [-0.05, 0) is 67.6 Å². The molecule has 0 spiro atoms. The van der Waals surface area contributed by atoms with Gasteiger partial charge in [0, 0.05) is 53.2 Å². The quantitative estimate of drug-likeness (QED) is 0.234. The van der Waals surface area contributed by atoms with Crippen LogP contribution >= 0.6 is 11.6 Å². The van der Waals surface area contributed by atoms with E-state index in [9.17, 15) is 22.8 Å². The zero-order chi connectivity index (χ0) is 33.8. The third kappa shape index (κ3) is 7.52. The first-order valence-corrected chi connectivity index (χ1v) is 16.1. The molecule has 3 aromatic carbocycles. The lowest BCUT2D eigenvalue weighted by Gasteiger charge is -2.30. The molecule has 1 fully saturated rings. The van der Waals surface area contributed by atoms with Crippen molar-refractivity contribution in [2.75, 3.05) is 30.0 Å². The Morgan fingerprint density at radius 1 is 1.09 bits per heavy atom. The van der Waals surface area contributed by atoms with E-state index in [2.05, 4.69) is 19.2 Å². The minimum absolute atomic E-state index is 0.126. The van der Waals surface area contributed by atoms with Crippen molar-refractivity contribution in [3.05, 3.63) is 93.3 Å². The third-order valence-electron chi connectivity index (χ3n) is 9.41. The highest BCUT2D eigenvalue weighted by atomic mass is 35.5. The SMILES string of the molecule is CCC(C)C1CCC1.CN(CCO)c1cc(F)c(CNC(=O)c2ccc3c(c2)N(Cc2c(F)cccc2Cl)C(=O)C3(C)C)c(F)c1. The van der Waals surface area contributed by atoms with Crippen molar-refractivity contribution >= 4 is 34.8 Å². The first-order chi connectivity index (χ1) is 21.8. The fourth-order valence-electron chi connectivity index (χ4n) is 5.86. The highest BCUT2D eigenvalue weighted by Crippen LogP contribution is 2.43. The predicted octanol–water partition coefficient (Wildman–Crippen LogP) is 7.77. The highest BCUT2D eigenvalue weighted by molar-refractivity contribution is 6.31. The number of anilines is 2. The summed E-state index contributed by atoms with van der Waals surface area (Å²) in [5.41, 5.74) is 0.433. The van der Waals surface area contributed by atoms with Crippen LogP contribution in [0.3, 0.4) is 0 Å². The molecular formula is C36H43ClF3N3O3. The molecule has 0 bridgehead atoms. The Morgan fingerprint density at radius 3 is 2.30 bits per heavy atom. The Bertz CT molecular complexity index is 1530.